The Balaban J connectivity index is 1.67. The number of aryl methyl sites for hydroxylation is 1. The second-order valence-electron chi connectivity index (χ2n) is 5.16. The maximum absolute atomic E-state index is 4.40. The van der Waals surface area contributed by atoms with Crippen molar-refractivity contribution in [3.8, 4) is 0 Å². The largest absolute Gasteiger partial charge is 0.374 e. The lowest BCUT2D eigenvalue weighted by molar-refractivity contribution is 0.674. The first-order valence-corrected chi connectivity index (χ1v) is 7.03. The summed E-state index contributed by atoms with van der Waals surface area (Å²) in [4.78, 5) is 0. The van der Waals surface area contributed by atoms with Crippen LogP contribution in [0.3, 0.4) is 0 Å². The van der Waals surface area contributed by atoms with Crippen LogP contribution in [-0.4, -0.2) is 19.6 Å². The van der Waals surface area contributed by atoms with Crippen LogP contribution < -0.4 is 5.32 Å². The van der Waals surface area contributed by atoms with Crippen LogP contribution in [0.5, 0.6) is 0 Å². The van der Waals surface area contributed by atoms with Gasteiger partial charge in [-0.2, -0.15) is 10.2 Å². The fourth-order valence-electron chi connectivity index (χ4n) is 2.43. The zero-order valence-corrected chi connectivity index (χ0v) is 12.3. The van der Waals surface area contributed by atoms with Gasteiger partial charge in [-0.3, -0.25) is 9.36 Å². The summed E-state index contributed by atoms with van der Waals surface area (Å²) in [5, 5.41) is 12.0. The van der Waals surface area contributed by atoms with E-state index < -0.39 is 0 Å². The SMILES string of the molecule is CC(Nc1cnn(Cc2ccccc2)c1)c1ccnn1C. The monoisotopic (exact) mass is 281 g/mol. The Labute approximate surface area is 124 Å². The van der Waals surface area contributed by atoms with E-state index in [4.69, 9.17) is 0 Å². The fourth-order valence-corrected chi connectivity index (χ4v) is 2.43. The van der Waals surface area contributed by atoms with Gasteiger partial charge in [-0.05, 0) is 18.6 Å². The molecule has 21 heavy (non-hydrogen) atoms. The second kappa shape index (κ2) is 5.83. The Bertz CT molecular complexity index is 698. The van der Waals surface area contributed by atoms with Crippen LogP contribution in [0, 0.1) is 0 Å². The van der Waals surface area contributed by atoms with Gasteiger partial charge in [0.15, 0.2) is 0 Å². The average Bonchev–Trinajstić information content (AvgIpc) is 3.09. The molecule has 1 atom stereocenters. The standard InChI is InChI=1S/C16H19N5/c1-13(16-8-9-17-20(16)2)19-15-10-18-21(12-15)11-14-6-4-3-5-7-14/h3-10,12-13,19H,11H2,1-2H3. The predicted molar refractivity (Wildman–Crippen MR) is 83.0 cm³/mol. The van der Waals surface area contributed by atoms with Gasteiger partial charge in [-0.1, -0.05) is 30.3 Å². The fraction of sp³-hybridized carbons (Fsp3) is 0.250. The molecular formula is C16H19N5. The first-order valence-electron chi connectivity index (χ1n) is 7.03. The van der Waals surface area contributed by atoms with Crippen LogP contribution in [0.2, 0.25) is 0 Å². The summed E-state index contributed by atoms with van der Waals surface area (Å²) in [5.41, 5.74) is 3.40. The van der Waals surface area contributed by atoms with Gasteiger partial charge in [-0.25, -0.2) is 0 Å². The molecule has 0 amide bonds. The first-order chi connectivity index (χ1) is 10.2. The van der Waals surface area contributed by atoms with Gasteiger partial charge in [0.05, 0.1) is 30.2 Å². The van der Waals surface area contributed by atoms with Crippen molar-refractivity contribution in [1.29, 1.82) is 0 Å². The van der Waals surface area contributed by atoms with E-state index >= 15 is 0 Å². The topological polar surface area (TPSA) is 47.7 Å². The van der Waals surface area contributed by atoms with Gasteiger partial charge in [0.25, 0.3) is 0 Å². The first kappa shape index (κ1) is 13.4. The van der Waals surface area contributed by atoms with Crippen molar-refractivity contribution in [2.45, 2.75) is 19.5 Å². The quantitative estimate of drug-likeness (QED) is 0.782. The zero-order chi connectivity index (χ0) is 14.7. The van der Waals surface area contributed by atoms with Crippen LogP contribution >= 0.6 is 0 Å². The minimum Gasteiger partial charge on any atom is -0.374 e. The molecule has 0 saturated carbocycles. The summed E-state index contributed by atoms with van der Waals surface area (Å²) < 4.78 is 3.82. The van der Waals surface area contributed by atoms with Crippen LogP contribution in [-0.2, 0) is 13.6 Å². The molecule has 0 bridgehead atoms. The molecule has 1 unspecified atom stereocenters. The summed E-state index contributed by atoms with van der Waals surface area (Å²) in [5.74, 6) is 0. The van der Waals surface area contributed by atoms with Crippen LogP contribution in [0.25, 0.3) is 0 Å². The molecule has 1 aromatic carbocycles. The van der Waals surface area contributed by atoms with Gasteiger partial charge in [0, 0.05) is 19.4 Å². The van der Waals surface area contributed by atoms with E-state index in [0.717, 1.165) is 17.9 Å². The van der Waals surface area contributed by atoms with Gasteiger partial charge >= 0.3 is 0 Å². The molecule has 5 heteroatoms. The van der Waals surface area contributed by atoms with Crippen molar-refractivity contribution >= 4 is 5.69 Å². The highest BCUT2D eigenvalue weighted by atomic mass is 15.3. The molecule has 0 saturated heterocycles. The van der Waals surface area contributed by atoms with Gasteiger partial charge < -0.3 is 5.32 Å². The Morgan fingerprint density at radius 3 is 2.67 bits per heavy atom. The molecule has 0 aliphatic rings. The summed E-state index contributed by atoms with van der Waals surface area (Å²) in [7, 11) is 1.95. The normalized spacial score (nSPS) is 12.3. The average molecular weight is 281 g/mol. The predicted octanol–water partition coefficient (Wildman–Crippen LogP) is 2.84. The molecule has 5 nitrogen and oxygen atoms in total. The maximum Gasteiger partial charge on any atom is 0.0731 e. The Kier molecular flexibility index (Phi) is 3.73. The van der Waals surface area contributed by atoms with E-state index in [1.54, 1.807) is 0 Å². The molecule has 0 radical (unpaired) electrons. The third-order valence-electron chi connectivity index (χ3n) is 3.51. The van der Waals surface area contributed by atoms with Crippen LogP contribution in [0.4, 0.5) is 5.69 Å². The van der Waals surface area contributed by atoms with Crippen molar-refractivity contribution in [2.75, 3.05) is 5.32 Å². The maximum atomic E-state index is 4.40. The van der Waals surface area contributed by atoms with Crippen LogP contribution in [0.15, 0.2) is 55.0 Å². The minimum atomic E-state index is 0.187. The van der Waals surface area contributed by atoms with Crippen molar-refractivity contribution in [1.82, 2.24) is 19.6 Å². The molecule has 3 aromatic rings. The number of aromatic nitrogens is 4. The van der Waals surface area contributed by atoms with Crippen molar-refractivity contribution in [2.24, 2.45) is 7.05 Å². The number of nitrogens with one attached hydrogen (secondary N) is 1. The highest BCUT2D eigenvalue weighted by Crippen LogP contribution is 2.18. The molecule has 0 fully saturated rings. The summed E-state index contributed by atoms with van der Waals surface area (Å²) in [6.07, 6.45) is 5.70. The van der Waals surface area contributed by atoms with Gasteiger partial charge in [-0.15, -0.1) is 0 Å². The Morgan fingerprint density at radius 2 is 1.95 bits per heavy atom. The highest BCUT2D eigenvalue weighted by molar-refractivity contribution is 5.40. The molecule has 3 rings (SSSR count). The lowest BCUT2D eigenvalue weighted by Gasteiger charge is -2.13. The molecule has 2 heterocycles. The molecule has 108 valence electrons. The van der Waals surface area contributed by atoms with E-state index in [2.05, 4.69) is 34.6 Å². The smallest absolute Gasteiger partial charge is 0.0731 e. The van der Waals surface area contributed by atoms with E-state index in [-0.39, 0.29) is 6.04 Å². The highest BCUT2D eigenvalue weighted by Gasteiger charge is 2.10. The molecular weight excluding hydrogens is 262 g/mol. The summed E-state index contributed by atoms with van der Waals surface area (Å²) in [6.45, 7) is 2.90. The Hall–Kier alpha value is -2.56. The van der Waals surface area contributed by atoms with E-state index in [9.17, 15) is 0 Å². The van der Waals surface area contributed by atoms with Crippen molar-refractivity contribution in [3.63, 3.8) is 0 Å². The third-order valence-corrected chi connectivity index (χ3v) is 3.51. The summed E-state index contributed by atoms with van der Waals surface area (Å²) >= 11 is 0. The zero-order valence-electron chi connectivity index (χ0n) is 12.3. The molecule has 2 aromatic heterocycles. The molecule has 1 N–H and O–H groups in total. The van der Waals surface area contributed by atoms with Gasteiger partial charge in [0.1, 0.15) is 0 Å². The van der Waals surface area contributed by atoms with E-state index in [1.165, 1.54) is 5.56 Å². The summed E-state index contributed by atoms with van der Waals surface area (Å²) in [6, 6.07) is 12.5. The molecule has 0 aliphatic carbocycles. The van der Waals surface area contributed by atoms with Crippen LogP contribution in [0.1, 0.15) is 24.2 Å². The lowest BCUT2D eigenvalue weighted by atomic mass is 10.2. The number of nitrogens with zero attached hydrogens (tertiary/aromatic N) is 4. The van der Waals surface area contributed by atoms with E-state index in [1.807, 2.05) is 59.3 Å². The lowest BCUT2D eigenvalue weighted by Crippen LogP contribution is -2.10. The molecule has 0 spiro atoms. The van der Waals surface area contributed by atoms with Gasteiger partial charge in [0.2, 0.25) is 0 Å². The van der Waals surface area contributed by atoms with Crippen molar-refractivity contribution < 1.29 is 0 Å². The molecule has 0 aliphatic heterocycles. The number of anilines is 1. The van der Waals surface area contributed by atoms with Crippen molar-refractivity contribution in [3.05, 3.63) is 66.2 Å². The minimum absolute atomic E-state index is 0.187. The third kappa shape index (κ3) is 3.13. The second-order valence-corrected chi connectivity index (χ2v) is 5.16. The number of hydrogen-bond acceptors (Lipinski definition) is 3. The van der Waals surface area contributed by atoms with E-state index in [0.29, 0.717) is 0 Å². The Morgan fingerprint density at radius 1 is 1.14 bits per heavy atom. The number of benzene rings is 1. The number of hydrogen-bond donors (Lipinski definition) is 1. The number of rotatable bonds is 5.